The molecule has 0 unspecified atom stereocenters. The summed E-state index contributed by atoms with van der Waals surface area (Å²) in [6.45, 7) is 2.83. The first kappa shape index (κ1) is 16.5. The minimum Gasteiger partial charge on any atom is -0.504 e. The molecule has 0 spiro atoms. The molecule has 2 N–H and O–H groups in total. The number of phenols is 2. The van der Waals surface area contributed by atoms with Gasteiger partial charge in [-0.3, -0.25) is 9.69 Å². The van der Waals surface area contributed by atoms with E-state index in [9.17, 15) is 19.8 Å². The Kier molecular flexibility index (Phi) is 4.58. The molecule has 1 aliphatic heterocycles. The summed E-state index contributed by atoms with van der Waals surface area (Å²) in [7, 11) is 0. The molecule has 0 aliphatic carbocycles. The molecule has 1 aromatic carbocycles. The summed E-state index contributed by atoms with van der Waals surface area (Å²) in [6.07, 6.45) is 0.592. The number of nitrogens with zero attached hydrogens (tertiary/aromatic N) is 1. The lowest BCUT2D eigenvalue weighted by Gasteiger charge is -2.27. The quantitative estimate of drug-likeness (QED) is 0.618. The molecule has 3 rings (SSSR count). The van der Waals surface area contributed by atoms with Crippen molar-refractivity contribution in [1.82, 2.24) is 4.90 Å². The van der Waals surface area contributed by atoms with Gasteiger partial charge >= 0.3 is 5.63 Å². The first-order chi connectivity index (χ1) is 9.95. The predicted molar refractivity (Wildman–Crippen MR) is 85.8 cm³/mol. The molecule has 1 aliphatic rings. The smallest absolute Gasteiger partial charge is 0.341 e. The molecule has 0 saturated heterocycles. The number of aromatic hydroxyl groups is 2. The van der Waals surface area contributed by atoms with Gasteiger partial charge in [0.25, 0.3) is 0 Å². The average Bonchev–Trinajstić information content (AvgIpc) is 2.41. The Morgan fingerprint density at radius 3 is 2.64 bits per heavy atom. The van der Waals surface area contributed by atoms with Crippen LogP contribution in [0, 0.1) is 0 Å². The van der Waals surface area contributed by atoms with Gasteiger partial charge < -0.3 is 14.6 Å². The number of phenolic OH excluding ortho intramolecular Hbond substituents is 2. The number of benzene rings is 1. The number of carbonyl (C=O) groups excluding carboxylic acids is 1. The maximum absolute atomic E-state index is 12.1. The van der Waals surface area contributed by atoms with E-state index in [2.05, 4.69) is 0 Å². The monoisotopic (exact) mass is 369 g/mol. The van der Waals surface area contributed by atoms with Crippen LogP contribution in [0.15, 0.2) is 21.3 Å². The van der Waals surface area contributed by atoms with Gasteiger partial charge in [0.05, 0.1) is 12.1 Å². The van der Waals surface area contributed by atoms with Crippen molar-refractivity contribution in [3.63, 3.8) is 0 Å². The van der Waals surface area contributed by atoms with E-state index in [-0.39, 0.29) is 39.8 Å². The maximum atomic E-state index is 12.1. The van der Waals surface area contributed by atoms with E-state index in [1.165, 1.54) is 19.1 Å². The first-order valence-corrected chi connectivity index (χ1v) is 6.68. The average molecular weight is 370 g/mol. The third-order valence-electron chi connectivity index (χ3n) is 3.72. The van der Waals surface area contributed by atoms with Gasteiger partial charge in [-0.15, -0.1) is 17.0 Å². The molecule has 2 heterocycles. The number of rotatable bonds is 2. The lowest BCUT2D eigenvalue weighted by Crippen LogP contribution is -2.36. The molecule has 6 nitrogen and oxygen atoms in total. The highest BCUT2D eigenvalue weighted by atomic mass is 79.9. The number of ketones is 1. The summed E-state index contributed by atoms with van der Waals surface area (Å²) in [5, 5.41) is 19.8. The van der Waals surface area contributed by atoms with Crippen LogP contribution in [0.1, 0.15) is 18.1 Å². The number of carbonyl (C=O) groups is 1. The second-order valence-electron chi connectivity index (χ2n) is 5.35. The van der Waals surface area contributed by atoms with Crippen molar-refractivity contribution in [3.8, 4) is 11.5 Å². The Morgan fingerprint density at radius 2 is 1.95 bits per heavy atom. The van der Waals surface area contributed by atoms with Gasteiger partial charge in [-0.25, -0.2) is 4.79 Å². The van der Waals surface area contributed by atoms with Gasteiger partial charge in [-0.1, -0.05) is 0 Å². The van der Waals surface area contributed by atoms with Crippen LogP contribution < -0.4 is 5.63 Å². The van der Waals surface area contributed by atoms with Crippen molar-refractivity contribution >= 4 is 33.7 Å². The second-order valence-corrected chi connectivity index (χ2v) is 5.35. The summed E-state index contributed by atoms with van der Waals surface area (Å²) in [5.74, 6) is -0.518. The molecule has 0 bridgehead atoms. The summed E-state index contributed by atoms with van der Waals surface area (Å²) in [4.78, 5) is 25.2. The molecule has 7 heteroatoms. The van der Waals surface area contributed by atoms with Crippen LogP contribution in [0.3, 0.4) is 0 Å². The van der Waals surface area contributed by atoms with Crippen LogP contribution in [0.5, 0.6) is 11.5 Å². The highest BCUT2D eigenvalue weighted by molar-refractivity contribution is 8.93. The number of hydrogen-bond acceptors (Lipinski definition) is 6. The topological polar surface area (TPSA) is 91.0 Å². The number of hydrogen-bond donors (Lipinski definition) is 2. The summed E-state index contributed by atoms with van der Waals surface area (Å²) in [5.41, 5.74) is 1.13. The van der Waals surface area contributed by atoms with E-state index in [1.807, 2.05) is 4.90 Å². The molecule has 118 valence electrons. The van der Waals surface area contributed by atoms with Crippen LogP contribution in [-0.4, -0.2) is 34.0 Å². The van der Waals surface area contributed by atoms with E-state index >= 15 is 0 Å². The molecular formula is C15H16BrNO5. The molecule has 22 heavy (non-hydrogen) atoms. The van der Waals surface area contributed by atoms with Gasteiger partial charge in [0.2, 0.25) is 0 Å². The fourth-order valence-electron chi connectivity index (χ4n) is 2.79. The fourth-order valence-corrected chi connectivity index (χ4v) is 2.79. The number of fused-ring (bicyclic) bond motifs is 3. The van der Waals surface area contributed by atoms with E-state index in [0.29, 0.717) is 37.0 Å². The zero-order valence-corrected chi connectivity index (χ0v) is 13.7. The van der Waals surface area contributed by atoms with Gasteiger partial charge in [-0.05, 0) is 25.0 Å². The number of Topliss-reactive ketones (excluding diaryl/α,β-unsaturated/α-hetero) is 1. The summed E-state index contributed by atoms with van der Waals surface area (Å²) in [6, 6.07) is 2.65. The summed E-state index contributed by atoms with van der Waals surface area (Å²) >= 11 is 0. The minimum atomic E-state index is -0.462. The van der Waals surface area contributed by atoms with Crippen molar-refractivity contribution < 1.29 is 19.4 Å². The molecule has 2 aromatic rings. The van der Waals surface area contributed by atoms with Gasteiger partial charge in [0.15, 0.2) is 11.5 Å². The molecule has 0 fully saturated rings. The Morgan fingerprint density at radius 1 is 1.27 bits per heavy atom. The lowest BCUT2D eigenvalue weighted by molar-refractivity contribution is -0.118. The van der Waals surface area contributed by atoms with Crippen LogP contribution in [-0.2, 0) is 17.8 Å². The third kappa shape index (κ3) is 2.86. The lowest BCUT2D eigenvalue weighted by atomic mass is 9.97. The van der Waals surface area contributed by atoms with Gasteiger partial charge in [0.1, 0.15) is 11.4 Å². The van der Waals surface area contributed by atoms with Crippen LogP contribution in [0.2, 0.25) is 0 Å². The third-order valence-corrected chi connectivity index (χ3v) is 3.72. The van der Waals surface area contributed by atoms with Crippen molar-refractivity contribution in [2.75, 3.05) is 13.1 Å². The van der Waals surface area contributed by atoms with Gasteiger partial charge in [-0.2, -0.15) is 0 Å². The molecule has 0 saturated carbocycles. The summed E-state index contributed by atoms with van der Waals surface area (Å²) < 4.78 is 5.21. The Bertz CT molecular complexity index is 799. The normalized spacial score (nSPS) is 14.4. The van der Waals surface area contributed by atoms with E-state index in [1.54, 1.807) is 0 Å². The van der Waals surface area contributed by atoms with Crippen molar-refractivity contribution in [2.45, 2.75) is 19.9 Å². The van der Waals surface area contributed by atoms with Crippen LogP contribution >= 0.6 is 17.0 Å². The van der Waals surface area contributed by atoms with E-state index in [4.69, 9.17) is 4.42 Å². The van der Waals surface area contributed by atoms with Crippen molar-refractivity contribution in [1.29, 1.82) is 0 Å². The SMILES string of the molecule is Br.CC(=O)CN1CCc2c(c(=O)oc3cc(O)c(O)cc23)C1. The zero-order chi connectivity index (χ0) is 15.1. The number of halogens is 1. The van der Waals surface area contributed by atoms with Crippen LogP contribution in [0.25, 0.3) is 11.0 Å². The predicted octanol–water partition coefficient (Wildman–Crippen LogP) is 1.73. The van der Waals surface area contributed by atoms with E-state index < -0.39 is 5.63 Å². The Hall–Kier alpha value is -1.86. The highest BCUT2D eigenvalue weighted by Crippen LogP contribution is 2.33. The highest BCUT2D eigenvalue weighted by Gasteiger charge is 2.24. The zero-order valence-electron chi connectivity index (χ0n) is 12.0. The molecular weight excluding hydrogens is 354 g/mol. The van der Waals surface area contributed by atoms with Crippen LogP contribution in [0.4, 0.5) is 0 Å². The van der Waals surface area contributed by atoms with Crippen molar-refractivity contribution in [2.24, 2.45) is 0 Å². The van der Waals surface area contributed by atoms with E-state index in [0.717, 1.165) is 5.56 Å². The molecule has 0 amide bonds. The van der Waals surface area contributed by atoms with Gasteiger partial charge in [0, 0.05) is 24.5 Å². The first-order valence-electron chi connectivity index (χ1n) is 6.68. The Balaban J connectivity index is 0.00000176. The molecule has 1 aromatic heterocycles. The molecule has 0 atom stereocenters. The van der Waals surface area contributed by atoms with Crippen molar-refractivity contribution in [3.05, 3.63) is 33.7 Å². The molecule has 0 radical (unpaired) electrons. The minimum absolute atomic E-state index is 0. The Labute approximate surface area is 136 Å². The fraction of sp³-hybridized carbons (Fsp3) is 0.333. The standard InChI is InChI=1S/C15H15NO5.BrH/c1-8(17)6-16-3-2-9-10-4-12(18)13(19)5-14(10)21-15(20)11(9)7-16;/h4-5,18-19H,2-3,6-7H2,1H3;1H. The maximum Gasteiger partial charge on any atom is 0.341 e. The second kappa shape index (κ2) is 6.10. The largest absolute Gasteiger partial charge is 0.504 e.